The molecule has 0 heterocycles. The first-order valence-corrected chi connectivity index (χ1v) is 6.19. The van der Waals surface area contributed by atoms with Crippen LogP contribution in [0, 0.1) is 0 Å². The van der Waals surface area contributed by atoms with E-state index in [2.05, 4.69) is 6.92 Å². The second-order valence-corrected chi connectivity index (χ2v) is 4.60. The van der Waals surface area contributed by atoms with Crippen molar-refractivity contribution in [2.45, 2.75) is 19.3 Å². The number of hydrogen-bond acceptors (Lipinski definition) is 4. The third-order valence-corrected chi connectivity index (χ3v) is 3.32. The number of phenolic OH excluding ortho intramolecular Hbond substituents is 2. The number of nitrogen functional groups attached to an aromatic ring is 2. The predicted octanol–water partition coefficient (Wildman–Crippen LogP) is 2.80. The first-order chi connectivity index (χ1) is 9.02. The third kappa shape index (κ3) is 2.57. The van der Waals surface area contributed by atoms with Crippen LogP contribution >= 0.6 is 0 Å². The minimum atomic E-state index is 0.0869. The van der Waals surface area contributed by atoms with Crippen LogP contribution in [0.2, 0.25) is 0 Å². The van der Waals surface area contributed by atoms with Crippen LogP contribution in [0.4, 0.5) is 11.4 Å². The van der Waals surface area contributed by atoms with Gasteiger partial charge < -0.3 is 21.7 Å². The van der Waals surface area contributed by atoms with Gasteiger partial charge in [0.05, 0.1) is 11.4 Å². The second kappa shape index (κ2) is 5.10. The SMILES string of the molecule is CCC(c1ccc(O)c(N)c1)c1ccc(O)c(N)c1. The Balaban J connectivity index is 2.43. The minimum absolute atomic E-state index is 0.0869. The van der Waals surface area contributed by atoms with E-state index < -0.39 is 0 Å². The molecule has 0 amide bonds. The molecule has 0 saturated heterocycles. The van der Waals surface area contributed by atoms with Crippen molar-refractivity contribution in [2.24, 2.45) is 0 Å². The molecule has 0 aliphatic rings. The van der Waals surface area contributed by atoms with Gasteiger partial charge in [-0.05, 0) is 41.8 Å². The van der Waals surface area contributed by atoms with Crippen molar-refractivity contribution < 1.29 is 10.2 Å². The molecule has 19 heavy (non-hydrogen) atoms. The van der Waals surface area contributed by atoms with Gasteiger partial charge in [-0.3, -0.25) is 0 Å². The van der Waals surface area contributed by atoms with Crippen molar-refractivity contribution >= 4 is 11.4 Å². The molecule has 2 aromatic carbocycles. The van der Waals surface area contributed by atoms with Crippen molar-refractivity contribution in [1.29, 1.82) is 0 Å². The van der Waals surface area contributed by atoms with Gasteiger partial charge in [-0.25, -0.2) is 0 Å². The summed E-state index contributed by atoms with van der Waals surface area (Å²) >= 11 is 0. The molecule has 0 atom stereocenters. The van der Waals surface area contributed by atoms with Gasteiger partial charge in [0.25, 0.3) is 0 Å². The van der Waals surface area contributed by atoms with Crippen molar-refractivity contribution in [3.8, 4) is 11.5 Å². The van der Waals surface area contributed by atoms with Gasteiger partial charge in [0, 0.05) is 5.92 Å². The van der Waals surface area contributed by atoms with E-state index in [-0.39, 0.29) is 17.4 Å². The van der Waals surface area contributed by atoms with Crippen LogP contribution in [-0.4, -0.2) is 10.2 Å². The Hall–Kier alpha value is -2.36. The van der Waals surface area contributed by atoms with E-state index in [0.29, 0.717) is 11.4 Å². The molecule has 0 aliphatic heterocycles. The fraction of sp³-hybridized carbons (Fsp3) is 0.200. The molecule has 6 N–H and O–H groups in total. The van der Waals surface area contributed by atoms with Crippen LogP contribution in [0.3, 0.4) is 0 Å². The van der Waals surface area contributed by atoms with Gasteiger partial charge in [-0.1, -0.05) is 19.1 Å². The monoisotopic (exact) mass is 258 g/mol. The van der Waals surface area contributed by atoms with E-state index in [4.69, 9.17) is 11.5 Å². The predicted molar refractivity (Wildman–Crippen MR) is 77.2 cm³/mol. The van der Waals surface area contributed by atoms with E-state index in [0.717, 1.165) is 17.5 Å². The maximum Gasteiger partial charge on any atom is 0.138 e. The van der Waals surface area contributed by atoms with Crippen molar-refractivity contribution in [3.63, 3.8) is 0 Å². The molecule has 0 fully saturated rings. The van der Waals surface area contributed by atoms with E-state index in [1.54, 1.807) is 24.3 Å². The first kappa shape index (κ1) is 13.1. The van der Waals surface area contributed by atoms with Crippen LogP contribution in [0.5, 0.6) is 11.5 Å². The van der Waals surface area contributed by atoms with Crippen molar-refractivity contribution in [3.05, 3.63) is 47.5 Å². The average Bonchev–Trinajstić information content (AvgIpc) is 2.39. The van der Waals surface area contributed by atoms with Gasteiger partial charge in [-0.2, -0.15) is 0 Å². The molecule has 100 valence electrons. The molecule has 4 nitrogen and oxygen atoms in total. The van der Waals surface area contributed by atoms with Crippen LogP contribution in [-0.2, 0) is 0 Å². The Bertz CT molecular complexity index is 545. The molecule has 0 bridgehead atoms. The van der Waals surface area contributed by atoms with E-state index in [1.165, 1.54) is 0 Å². The smallest absolute Gasteiger partial charge is 0.138 e. The maximum absolute atomic E-state index is 9.47. The fourth-order valence-corrected chi connectivity index (χ4v) is 2.24. The van der Waals surface area contributed by atoms with Crippen LogP contribution in [0.1, 0.15) is 30.4 Å². The summed E-state index contributed by atoms with van der Waals surface area (Å²) < 4.78 is 0. The number of hydrogen-bond donors (Lipinski definition) is 4. The molecule has 0 aromatic heterocycles. The highest BCUT2D eigenvalue weighted by Gasteiger charge is 2.14. The highest BCUT2D eigenvalue weighted by Crippen LogP contribution is 2.34. The number of rotatable bonds is 3. The summed E-state index contributed by atoms with van der Waals surface area (Å²) in [5.74, 6) is 0.304. The number of nitrogens with two attached hydrogens (primary N) is 2. The zero-order chi connectivity index (χ0) is 14.0. The summed E-state index contributed by atoms with van der Waals surface area (Å²) in [6.07, 6.45) is 0.869. The zero-order valence-corrected chi connectivity index (χ0v) is 10.8. The molecular formula is C15H18N2O2. The quantitative estimate of drug-likeness (QED) is 0.503. The molecule has 2 aromatic rings. The van der Waals surface area contributed by atoms with E-state index in [1.807, 2.05) is 12.1 Å². The summed E-state index contributed by atoms with van der Waals surface area (Å²) in [4.78, 5) is 0. The summed E-state index contributed by atoms with van der Waals surface area (Å²) in [5, 5.41) is 18.9. The van der Waals surface area contributed by atoms with Gasteiger partial charge in [0.1, 0.15) is 11.5 Å². The van der Waals surface area contributed by atoms with E-state index in [9.17, 15) is 10.2 Å². The van der Waals surface area contributed by atoms with Crippen molar-refractivity contribution in [1.82, 2.24) is 0 Å². The first-order valence-electron chi connectivity index (χ1n) is 6.19. The maximum atomic E-state index is 9.47. The zero-order valence-electron chi connectivity index (χ0n) is 10.8. The topological polar surface area (TPSA) is 92.5 Å². The lowest BCUT2D eigenvalue weighted by Gasteiger charge is -2.17. The molecule has 0 radical (unpaired) electrons. The standard InChI is InChI=1S/C15H18N2O2/c1-2-11(9-3-5-14(18)12(16)7-9)10-4-6-15(19)13(17)8-10/h3-8,11,18-19H,2,16-17H2,1H3. The summed E-state index contributed by atoms with van der Waals surface area (Å²) in [6, 6.07) is 10.4. The molecule has 0 saturated carbocycles. The average molecular weight is 258 g/mol. The molecule has 2 rings (SSSR count). The lowest BCUT2D eigenvalue weighted by Crippen LogP contribution is -2.02. The van der Waals surface area contributed by atoms with E-state index >= 15 is 0 Å². The Labute approximate surface area is 112 Å². The lowest BCUT2D eigenvalue weighted by atomic mass is 9.88. The Morgan fingerprint density at radius 2 is 1.32 bits per heavy atom. The molecule has 0 aliphatic carbocycles. The lowest BCUT2D eigenvalue weighted by molar-refractivity contribution is 0.477. The number of aromatic hydroxyl groups is 2. The van der Waals surface area contributed by atoms with Gasteiger partial charge in [-0.15, -0.1) is 0 Å². The summed E-state index contributed by atoms with van der Waals surface area (Å²) in [7, 11) is 0. The Morgan fingerprint density at radius 3 is 1.63 bits per heavy atom. The molecule has 0 spiro atoms. The Kier molecular flexibility index (Phi) is 3.51. The Morgan fingerprint density at radius 1 is 0.895 bits per heavy atom. The number of anilines is 2. The van der Waals surface area contributed by atoms with Crippen LogP contribution < -0.4 is 11.5 Å². The number of benzene rings is 2. The minimum Gasteiger partial charge on any atom is -0.506 e. The van der Waals surface area contributed by atoms with Crippen LogP contribution in [0.25, 0.3) is 0 Å². The number of phenols is 2. The van der Waals surface area contributed by atoms with Crippen molar-refractivity contribution in [2.75, 3.05) is 11.5 Å². The molecule has 0 unspecified atom stereocenters. The summed E-state index contributed by atoms with van der Waals surface area (Å²) in [6.45, 7) is 2.07. The fourth-order valence-electron chi connectivity index (χ4n) is 2.24. The normalized spacial score (nSPS) is 10.8. The third-order valence-electron chi connectivity index (χ3n) is 3.32. The van der Waals surface area contributed by atoms with Gasteiger partial charge >= 0.3 is 0 Å². The highest BCUT2D eigenvalue weighted by atomic mass is 16.3. The van der Waals surface area contributed by atoms with Gasteiger partial charge in [0.2, 0.25) is 0 Å². The summed E-state index contributed by atoms with van der Waals surface area (Å²) in [5.41, 5.74) is 14.2. The highest BCUT2D eigenvalue weighted by molar-refractivity contribution is 5.57. The van der Waals surface area contributed by atoms with Crippen LogP contribution in [0.15, 0.2) is 36.4 Å². The molecule has 4 heteroatoms. The second-order valence-electron chi connectivity index (χ2n) is 4.60. The molecular weight excluding hydrogens is 240 g/mol. The largest absolute Gasteiger partial charge is 0.506 e. The van der Waals surface area contributed by atoms with Gasteiger partial charge in [0.15, 0.2) is 0 Å².